The number of ether oxygens (including phenoxy) is 3. The van der Waals surface area contributed by atoms with Gasteiger partial charge in [-0.15, -0.1) is 0 Å². The van der Waals surface area contributed by atoms with Gasteiger partial charge in [0, 0.05) is 17.4 Å². The lowest BCUT2D eigenvalue weighted by Gasteiger charge is -2.13. The van der Waals surface area contributed by atoms with E-state index < -0.39 is 0 Å². The number of rotatable bonds is 10. The summed E-state index contributed by atoms with van der Waals surface area (Å²) in [5.41, 5.74) is 6.99. The first-order valence-electron chi connectivity index (χ1n) is 12.8. The third-order valence-electron chi connectivity index (χ3n) is 6.51. The van der Waals surface area contributed by atoms with Crippen LogP contribution < -0.4 is 9.47 Å². The van der Waals surface area contributed by atoms with Crippen molar-refractivity contribution in [2.75, 3.05) is 13.2 Å². The van der Waals surface area contributed by atoms with Gasteiger partial charge in [-0.2, -0.15) is 0 Å². The molecule has 0 aliphatic rings. The smallest absolute Gasteiger partial charge is 0.344 e. The van der Waals surface area contributed by atoms with Gasteiger partial charge in [0.1, 0.15) is 18.1 Å². The van der Waals surface area contributed by atoms with Crippen LogP contribution in [0.3, 0.4) is 0 Å². The van der Waals surface area contributed by atoms with Gasteiger partial charge in [0.15, 0.2) is 6.61 Å². The monoisotopic (exact) mass is 505 g/mol. The van der Waals surface area contributed by atoms with Crippen molar-refractivity contribution >= 4 is 16.9 Å². The van der Waals surface area contributed by atoms with E-state index in [0.717, 1.165) is 22.4 Å². The number of carbonyl (C=O) groups is 1. The van der Waals surface area contributed by atoms with Gasteiger partial charge in [-0.25, -0.2) is 4.79 Å². The van der Waals surface area contributed by atoms with E-state index in [1.54, 1.807) is 6.92 Å². The Kier molecular flexibility index (Phi) is 7.74. The van der Waals surface area contributed by atoms with Crippen LogP contribution in [-0.4, -0.2) is 23.8 Å². The molecule has 0 saturated carbocycles. The summed E-state index contributed by atoms with van der Waals surface area (Å²) in [6.45, 7) is 5.42. The highest BCUT2D eigenvalue weighted by Crippen LogP contribution is 2.36. The Morgan fingerprint density at radius 3 is 2.16 bits per heavy atom. The van der Waals surface area contributed by atoms with Crippen molar-refractivity contribution in [3.8, 4) is 22.8 Å². The van der Waals surface area contributed by atoms with Gasteiger partial charge in [-0.1, -0.05) is 72.8 Å². The highest BCUT2D eigenvalue weighted by Gasteiger charge is 2.17. The summed E-state index contributed by atoms with van der Waals surface area (Å²) in [5.74, 6) is 1.12. The molecule has 1 aromatic heterocycles. The normalized spacial score (nSPS) is 10.9. The van der Waals surface area contributed by atoms with Crippen molar-refractivity contribution in [1.82, 2.24) is 4.57 Å². The second kappa shape index (κ2) is 11.7. The van der Waals surface area contributed by atoms with E-state index in [1.807, 2.05) is 54.6 Å². The van der Waals surface area contributed by atoms with E-state index in [4.69, 9.17) is 14.2 Å². The zero-order valence-electron chi connectivity index (χ0n) is 21.7. The van der Waals surface area contributed by atoms with Crippen LogP contribution >= 0.6 is 0 Å². The molecule has 0 amide bonds. The topological polar surface area (TPSA) is 49.7 Å². The number of aromatic nitrogens is 1. The van der Waals surface area contributed by atoms with Crippen molar-refractivity contribution in [2.24, 2.45) is 0 Å². The van der Waals surface area contributed by atoms with Crippen LogP contribution in [0.15, 0.2) is 103 Å². The number of hydrogen-bond acceptors (Lipinski definition) is 4. The van der Waals surface area contributed by atoms with E-state index in [0.29, 0.717) is 25.5 Å². The maximum absolute atomic E-state index is 11.6. The Bertz CT molecular complexity index is 1510. The van der Waals surface area contributed by atoms with Crippen LogP contribution in [0.5, 0.6) is 11.5 Å². The molecule has 1 heterocycles. The quantitative estimate of drug-likeness (QED) is 0.189. The van der Waals surface area contributed by atoms with Gasteiger partial charge >= 0.3 is 5.97 Å². The second-order valence-electron chi connectivity index (χ2n) is 9.12. The van der Waals surface area contributed by atoms with E-state index in [-0.39, 0.29) is 12.6 Å². The number of hydrogen-bond donors (Lipinski definition) is 0. The number of benzene rings is 4. The van der Waals surface area contributed by atoms with Crippen LogP contribution in [0, 0.1) is 6.92 Å². The fraction of sp³-hybridized carbons (Fsp3) is 0.182. The summed E-state index contributed by atoms with van der Waals surface area (Å²) in [7, 11) is 0. The lowest BCUT2D eigenvalue weighted by molar-refractivity contribution is -0.145. The summed E-state index contributed by atoms with van der Waals surface area (Å²) in [6.07, 6.45) is 0. The summed E-state index contributed by atoms with van der Waals surface area (Å²) in [6, 6.07) is 34.9. The molecule has 0 aliphatic carbocycles. The summed E-state index contributed by atoms with van der Waals surface area (Å²) < 4.78 is 19.0. The average molecular weight is 506 g/mol. The zero-order chi connectivity index (χ0) is 26.3. The molecule has 0 N–H and O–H groups in total. The van der Waals surface area contributed by atoms with Crippen molar-refractivity contribution in [3.63, 3.8) is 0 Å². The highest BCUT2D eigenvalue weighted by atomic mass is 16.6. The fourth-order valence-corrected chi connectivity index (χ4v) is 4.68. The van der Waals surface area contributed by atoms with Crippen LogP contribution in [0.25, 0.3) is 22.2 Å². The van der Waals surface area contributed by atoms with Crippen LogP contribution in [0.4, 0.5) is 0 Å². The Labute approximate surface area is 223 Å². The van der Waals surface area contributed by atoms with Crippen LogP contribution in [-0.2, 0) is 22.7 Å². The molecule has 192 valence electrons. The maximum Gasteiger partial charge on any atom is 0.344 e. The fourth-order valence-electron chi connectivity index (χ4n) is 4.68. The molecule has 0 atom stereocenters. The Hall–Kier alpha value is -4.51. The Morgan fingerprint density at radius 1 is 0.763 bits per heavy atom. The molecule has 4 aromatic carbocycles. The van der Waals surface area contributed by atoms with Crippen molar-refractivity contribution in [2.45, 2.75) is 27.0 Å². The SMILES string of the molecule is CCOC(=O)COc1ccc(Cn2c(-c3ccccc3)c(C)c3cc(OCc4ccccc4)ccc32)cc1. The minimum Gasteiger partial charge on any atom is -0.489 e. The van der Waals surface area contributed by atoms with Gasteiger partial charge in [-0.3, -0.25) is 0 Å². The third-order valence-corrected chi connectivity index (χ3v) is 6.51. The van der Waals surface area contributed by atoms with Gasteiger partial charge in [-0.05, 0) is 66.4 Å². The summed E-state index contributed by atoms with van der Waals surface area (Å²) in [4.78, 5) is 11.6. The van der Waals surface area contributed by atoms with E-state index in [1.165, 1.54) is 22.2 Å². The molecule has 5 nitrogen and oxygen atoms in total. The molecule has 0 fully saturated rings. The van der Waals surface area contributed by atoms with Gasteiger partial charge < -0.3 is 18.8 Å². The van der Waals surface area contributed by atoms with Crippen molar-refractivity contribution in [3.05, 3.63) is 120 Å². The maximum atomic E-state index is 11.6. The number of fused-ring (bicyclic) bond motifs is 1. The number of nitrogens with zero attached hydrogens (tertiary/aromatic N) is 1. The first-order chi connectivity index (χ1) is 18.6. The second-order valence-corrected chi connectivity index (χ2v) is 9.12. The molecule has 5 rings (SSSR count). The molecule has 0 saturated heterocycles. The Morgan fingerprint density at radius 2 is 1.45 bits per heavy atom. The number of esters is 1. The van der Waals surface area contributed by atoms with Gasteiger partial charge in [0.2, 0.25) is 0 Å². The molecule has 0 aliphatic heterocycles. The van der Waals surface area contributed by atoms with Gasteiger partial charge in [0.05, 0.1) is 12.3 Å². The van der Waals surface area contributed by atoms with Crippen LogP contribution in [0.2, 0.25) is 0 Å². The lowest BCUT2D eigenvalue weighted by Crippen LogP contribution is -2.14. The molecule has 0 unspecified atom stereocenters. The van der Waals surface area contributed by atoms with E-state index in [2.05, 4.69) is 60.0 Å². The predicted octanol–water partition coefficient (Wildman–Crippen LogP) is 7.19. The van der Waals surface area contributed by atoms with Crippen LogP contribution in [0.1, 0.15) is 23.6 Å². The molecule has 5 heteroatoms. The molecule has 5 aromatic rings. The molecule has 0 spiro atoms. The Balaban J connectivity index is 1.44. The molecule has 0 bridgehead atoms. The van der Waals surface area contributed by atoms with Crippen molar-refractivity contribution in [1.29, 1.82) is 0 Å². The van der Waals surface area contributed by atoms with E-state index >= 15 is 0 Å². The average Bonchev–Trinajstić information content (AvgIpc) is 3.23. The minimum absolute atomic E-state index is 0.0958. The minimum atomic E-state index is -0.370. The highest BCUT2D eigenvalue weighted by molar-refractivity contribution is 5.92. The summed E-state index contributed by atoms with van der Waals surface area (Å²) in [5, 5.41) is 1.17. The predicted molar refractivity (Wildman–Crippen MR) is 151 cm³/mol. The largest absolute Gasteiger partial charge is 0.489 e. The van der Waals surface area contributed by atoms with Gasteiger partial charge in [0.25, 0.3) is 0 Å². The zero-order valence-corrected chi connectivity index (χ0v) is 21.7. The number of carbonyl (C=O) groups excluding carboxylic acids is 1. The lowest BCUT2D eigenvalue weighted by atomic mass is 10.1. The summed E-state index contributed by atoms with van der Waals surface area (Å²) >= 11 is 0. The third kappa shape index (κ3) is 5.73. The first-order valence-corrected chi connectivity index (χ1v) is 12.8. The molecule has 0 radical (unpaired) electrons. The molecular formula is C33H31NO4. The number of aryl methyl sites for hydroxylation is 1. The van der Waals surface area contributed by atoms with Crippen molar-refractivity contribution < 1.29 is 19.0 Å². The first kappa shape index (κ1) is 25.2. The van der Waals surface area contributed by atoms with E-state index in [9.17, 15) is 4.79 Å². The molecular weight excluding hydrogens is 474 g/mol. The standard InChI is InChI=1S/C33H31NO4/c1-3-36-32(35)23-38-28-16-14-25(15-17-28)21-34-31-19-18-29(37-22-26-10-6-4-7-11-26)20-30(31)24(2)33(34)27-12-8-5-9-13-27/h4-20H,3,21-23H2,1-2H3. The molecule has 38 heavy (non-hydrogen) atoms.